The van der Waals surface area contributed by atoms with Gasteiger partial charge in [0.2, 0.25) is 0 Å². The first-order valence-corrected chi connectivity index (χ1v) is 11.3. The van der Waals surface area contributed by atoms with Crippen molar-refractivity contribution in [2.45, 2.75) is 76.0 Å². The number of hydrogen-bond acceptors (Lipinski definition) is 7. The Hall–Kier alpha value is -1.03. The summed E-state index contributed by atoms with van der Waals surface area (Å²) in [6.07, 6.45) is 0.452. The average Bonchev–Trinajstić information content (AvgIpc) is 2.96. The summed E-state index contributed by atoms with van der Waals surface area (Å²) >= 11 is 0. The van der Waals surface area contributed by atoms with Gasteiger partial charge in [0.25, 0.3) is 10.1 Å². The Morgan fingerprint density at radius 1 is 1.00 bits per heavy atom. The number of aliphatic hydroxyl groups excluding tert-OH is 1. The number of aliphatic hydroxyl groups is 1. The zero-order valence-corrected chi connectivity index (χ0v) is 17.7. The smallest absolute Gasteiger partial charge is 0.297 e. The molecule has 0 bridgehead atoms. The number of ether oxygens (including phenoxy) is 3. The molecule has 8 heteroatoms. The van der Waals surface area contributed by atoms with E-state index < -0.39 is 34.7 Å². The molecular formula is C20H32O7S. The van der Waals surface area contributed by atoms with E-state index in [0.717, 1.165) is 31.2 Å². The van der Waals surface area contributed by atoms with E-state index in [9.17, 15) is 13.5 Å². The maximum atomic E-state index is 12.4. The van der Waals surface area contributed by atoms with Crippen LogP contribution in [0.4, 0.5) is 0 Å². The van der Waals surface area contributed by atoms with Gasteiger partial charge in [-0.3, -0.25) is 4.18 Å². The van der Waals surface area contributed by atoms with Crippen LogP contribution in [0.15, 0.2) is 29.2 Å². The van der Waals surface area contributed by atoms with Gasteiger partial charge in [0, 0.05) is 13.2 Å². The second-order valence-electron chi connectivity index (χ2n) is 6.99. The first-order chi connectivity index (χ1) is 13.4. The van der Waals surface area contributed by atoms with Crippen molar-refractivity contribution in [2.24, 2.45) is 0 Å². The van der Waals surface area contributed by atoms with Crippen LogP contribution in [0.1, 0.15) is 45.1 Å². The second kappa shape index (κ2) is 11.2. The van der Waals surface area contributed by atoms with Crippen molar-refractivity contribution in [1.29, 1.82) is 0 Å². The Labute approximate surface area is 168 Å². The van der Waals surface area contributed by atoms with Crippen LogP contribution < -0.4 is 0 Å². The van der Waals surface area contributed by atoms with Gasteiger partial charge in [-0.25, -0.2) is 0 Å². The molecule has 0 aromatic heterocycles. The lowest BCUT2D eigenvalue weighted by molar-refractivity contribution is -0.147. The van der Waals surface area contributed by atoms with E-state index in [0.29, 0.717) is 13.2 Å². The van der Waals surface area contributed by atoms with Gasteiger partial charge >= 0.3 is 0 Å². The van der Waals surface area contributed by atoms with Gasteiger partial charge in [-0.1, -0.05) is 44.4 Å². The molecule has 1 aromatic carbocycles. The quantitative estimate of drug-likeness (QED) is 0.414. The highest BCUT2D eigenvalue weighted by molar-refractivity contribution is 7.86. The Morgan fingerprint density at radius 3 is 2.14 bits per heavy atom. The molecule has 7 nitrogen and oxygen atoms in total. The van der Waals surface area contributed by atoms with Crippen LogP contribution in [0, 0.1) is 6.92 Å². The van der Waals surface area contributed by atoms with Gasteiger partial charge in [0.15, 0.2) is 6.29 Å². The number of rotatable bonds is 12. The lowest BCUT2D eigenvalue weighted by Gasteiger charge is -2.23. The fourth-order valence-corrected chi connectivity index (χ4v) is 3.80. The Balaban J connectivity index is 2.02. The van der Waals surface area contributed by atoms with E-state index in [2.05, 4.69) is 0 Å². The molecule has 28 heavy (non-hydrogen) atoms. The van der Waals surface area contributed by atoms with E-state index in [1.165, 1.54) is 12.1 Å². The maximum absolute atomic E-state index is 12.4. The van der Waals surface area contributed by atoms with Crippen molar-refractivity contribution in [3.63, 3.8) is 0 Å². The van der Waals surface area contributed by atoms with Crippen molar-refractivity contribution in [3.05, 3.63) is 29.8 Å². The summed E-state index contributed by atoms with van der Waals surface area (Å²) in [4.78, 5) is 0.0795. The molecule has 4 atom stereocenters. The molecule has 0 amide bonds. The molecule has 2 rings (SSSR count). The monoisotopic (exact) mass is 416 g/mol. The van der Waals surface area contributed by atoms with Crippen molar-refractivity contribution in [3.8, 4) is 0 Å². The zero-order valence-electron chi connectivity index (χ0n) is 16.9. The van der Waals surface area contributed by atoms with Gasteiger partial charge < -0.3 is 19.3 Å². The normalized spacial score (nSPS) is 25.3. The van der Waals surface area contributed by atoms with Gasteiger partial charge in [-0.15, -0.1) is 0 Å². The summed E-state index contributed by atoms with van der Waals surface area (Å²) in [6.45, 7) is 6.68. The van der Waals surface area contributed by atoms with Crippen LogP contribution in [0.5, 0.6) is 0 Å². The molecular weight excluding hydrogens is 384 g/mol. The molecule has 160 valence electrons. The number of hydrogen-bond donors (Lipinski definition) is 1. The van der Waals surface area contributed by atoms with Gasteiger partial charge in [0.05, 0.1) is 11.5 Å². The minimum atomic E-state index is -3.93. The van der Waals surface area contributed by atoms with Crippen molar-refractivity contribution >= 4 is 10.1 Å². The third kappa shape index (κ3) is 6.50. The van der Waals surface area contributed by atoms with Crippen LogP contribution >= 0.6 is 0 Å². The maximum Gasteiger partial charge on any atom is 0.297 e. The van der Waals surface area contributed by atoms with Gasteiger partial charge in [-0.2, -0.15) is 8.42 Å². The molecule has 1 unspecified atom stereocenters. The molecule has 1 fully saturated rings. The number of benzene rings is 1. The van der Waals surface area contributed by atoms with Crippen LogP contribution in [0.2, 0.25) is 0 Å². The molecule has 0 radical (unpaired) electrons. The summed E-state index contributed by atoms with van der Waals surface area (Å²) in [6, 6.07) is 6.42. The second-order valence-corrected chi connectivity index (χ2v) is 8.61. The van der Waals surface area contributed by atoms with Crippen LogP contribution in [0.25, 0.3) is 0 Å². The Bertz CT molecular complexity index is 674. The highest BCUT2D eigenvalue weighted by Crippen LogP contribution is 2.27. The van der Waals surface area contributed by atoms with E-state index in [1.807, 2.05) is 20.8 Å². The molecule has 1 aliphatic heterocycles. The summed E-state index contributed by atoms with van der Waals surface area (Å²) in [5.74, 6) is 0. The van der Waals surface area contributed by atoms with Crippen LogP contribution in [-0.2, 0) is 28.5 Å². The largest absolute Gasteiger partial charge is 0.372 e. The predicted molar refractivity (Wildman–Crippen MR) is 104 cm³/mol. The third-order valence-corrected chi connectivity index (χ3v) is 5.89. The lowest BCUT2D eigenvalue weighted by atomic mass is 10.1. The standard InChI is InChI=1S/C20H32O7S/c1-4-6-12-24-18-17(27-20(21)19(18)25-13-7-5-2)14-26-28(22,23)16-10-8-15(3)9-11-16/h8-11,17-21H,4-7,12-14H2,1-3H3/t17-,18?,19-,20+/m1/s1. The van der Waals surface area contributed by atoms with E-state index >= 15 is 0 Å². The molecule has 1 saturated heterocycles. The summed E-state index contributed by atoms with van der Waals surface area (Å²) in [5, 5.41) is 10.2. The molecule has 1 aliphatic rings. The summed E-state index contributed by atoms with van der Waals surface area (Å²) in [7, 11) is -3.93. The molecule has 1 heterocycles. The minimum absolute atomic E-state index is 0.0795. The number of aryl methyl sites for hydroxylation is 1. The Kier molecular flexibility index (Phi) is 9.33. The SMILES string of the molecule is CCCCOC1[C@@H](OCCCC)[C@@H](O)O[C@@H]1COS(=O)(=O)c1ccc(C)cc1. The molecule has 0 saturated carbocycles. The predicted octanol–water partition coefficient (Wildman–Crippen LogP) is 2.79. The first-order valence-electron chi connectivity index (χ1n) is 9.91. The zero-order chi connectivity index (χ0) is 20.6. The highest BCUT2D eigenvalue weighted by atomic mass is 32.2. The van der Waals surface area contributed by atoms with E-state index in [1.54, 1.807) is 12.1 Å². The molecule has 1 N–H and O–H groups in total. The topological polar surface area (TPSA) is 91.3 Å². The fourth-order valence-electron chi connectivity index (χ4n) is 2.88. The Morgan fingerprint density at radius 2 is 1.57 bits per heavy atom. The molecule has 1 aromatic rings. The molecule has 0 spiro atoms. The van der Waals surface area contributed by atoms with E-state index in [-0.39, 0.29) is 11.5 Å². The summed E-state index contributed by atoms with van der Waals surface area (Å²) < 4.78 is 47.2. The van der Waals surface area contributed by atoms with Gasteiger partial charge in [-0.05, 0) is 31.9 Å². The minimum Gasteiger partial charge on any atom is -0.372 e. The molecule has 0 aliphatic carbocycles. The highest BCUT2D eigenvalue weighted by Gasteiger charge is 2.46. The van der Waals surface area contributed by atoms with Crippen molar-refractivity contribution < 1.29 is 31.9 Å². The van der Waals surface area contributed by atoms with Gasteiger partial charge in [0.1, 0.15) is 18.3 Å². The number of unbranched alkanes of at least 4 members (excludes halogenated alkanes) is 2. The average molecular weight is 417 g/mol. The van der Waals surface area contributed by atoms with Crippen LogP contribution in [-0.4, -0.2) is 57.9 Å². The fraction of sp³-hybridized carbons (Fsp3) is 0.700. The third-order valence-electron chi connectivity index (χ3n) is 4.60. The van der Waals surface area contributed by atoms with Crippen molar-refractivity contribution in [2.75, 3.05) is 19.8 Å². The van der Waals surface area contributed by atoms with Crippen molar-refractivity contribution in [1.82, 2.24) is 0 Å². The summed E-state index contributed by atoms with van der Waals surface area (Å²) in [5.41, 5.74) is 0.956. The van der Waals surface area contributed by atoms with E-state index in [4.69, 9.17) is 18.4 Å². The first kappa shape index (κ1) is 23.3. The lowest BCUT2D eigenvalue weighted by Crippen LogP contribution is -2.39. The van der Waals surface area contributed by atoms with Crippen LogP contribution in [0.3, 0.4) is 0 Å².